The van der Waals surface area contributed by atoms with E-state index in [1.165, 1.54) is 31.2 Å². The summed E-state index contributed by atoms with van der Waals surface area (Å²) in [4.78, 5) is 26.9. The Morgan fingerprint density at radius 3 is 2.46 bits per heavy atom. The molecule has 1 atom stereocenters. The van der Waals surface area contributed by atoms with Crippen LogP contribution in [0, 0.1) is 0 Å². The van der Waals surface area contributed by atoms with Crippen molar-refractivity contribution in [2.45, 2.75) is 17.9 Å². The van der Waals surface area contributed by atoms with Crippen LogP contribution >= 0.6 is 0 Å². The van der Waals surface area contributed by atoms with Crippen LogP contribution in [0.2, 0.25) is 0 Å². The number of benzene rings is 1. The molecule has 0 aliphatic carbocycles. The molecule has 1 aromatic carbocycles. The quantitative estimate of drug-likeness (QED) is 0.557. The zero-order chi connectivity index (χ0) is 19.3. The molecule has 2 aromatic rings. The third-order valence-electron chi connectivity index (χ3n) is 3.19. The van der Waals surface area contributed by atoms with Gasteiger partial charge in [-0.05, 0) is 37.3 Å². The molecule has 10 heteroatoms. The highest BCUT2D eigenvalue weighted by molar-refractivity contribution is 7.89. The first kappa shape index (κ1) is 19.3. The first-order valence-electron chi connectivity index (χ1n) is 7.29. The Bertz CT molecular complexity index is 910. The lowest BCUT2D eigenvalue weighted by atomic mass is 10.3. The molecule has 1 aromatic heterocycles. The topological polar surface area (TPSA) is 132 Å². The van der Waals surface area contributed by atoms with Crippen LogP contribution in [-0.4, -0.2) is 43.6 Å². The van der Waals surface area contributed by atoms with E-state index in [4.69, 9.17) is 4.74 Å². The Morgan fingerprint density at radius 2 is 1.85 bits per heavy atom. The van der Waals surface area contributed by atoms with Crippen LogP contribution in [0.25, 0.3) is 0 Å². The molecule has 1 heterocycles. The van der Waals surface area contributed by atoms with Gasteiger partial charge in [0.2, 0.25) is 10.0 Å². The monoisotopic (exact) mass is 380 g/mol. The standard InChI is InChI=1S/C16H16N2O7S/c1-10(15(20)25-13-5-3-12(19)4-6-13)18-26(22,23)14-7-11(8-17-9-14)16(21)24-2/h3-10,18-19H,1-2H3/t10-/m0/s1. The first-order valence-corrected chi connectivity index (χ1v) is 8.77. The third-order valence-corrected chi connectivity index (χ3v) is 4.69. The second-order valence-electron chi connectivity index (χ2n) is 5.16. The predicted octanol–water partition coefficient (Wildman–Crippen LogP) is 0.846. The number of hydrogen-bond acceptors (Lipinski definition) is 8. The number of carbonyl (C=O) groups excluding carboxylic acids is 2. The Labute approximate surface area is 149 Å². The Morgan fingerprint density at radius 1 is 1.19 bits per heavy atom. The van der Waals surface area contributed by atoms with Gasteiger partial charge in [-0.2, -0.15) is 4.72 Å². The molecule has 0 radical (unpaired) electrons. The fourth-order valence-electron chi connectivity index (χ4n) is 1.86. The third kappa shape index (κ3) is 4.77. The Balaban J connectivity index is 2.11. The number of aromatic nitrogens is 1. The van der Waals surface area contributed by atoms with Crippen molar-refractivity contribution in [1.29, 1.82) is 0 Å². The summed E-state index contributed by atoms with van der Waals surface area (Å²) >= 11 is 0. The molecule has 0 amide bonds. The van der Waals surface area contributed by atoms with Gasteiger partial charge in [0.15, 0.2) is 0 Å². The highest BCUT2D eigenvalue weighted by Crippen LogP contribution is 2.17. The zero-order valence-electron chi connectivity index (χ0n) is 13.9. The normalized spacial score (nSPS) is 12.2. The number of nitrogens with one attached hydrogen (secondary N) is 1. The number of rotatable bonds is 6. The summed E-state index contributed by atoms with van der Waals surface area (Å²) < 4.78 is 36.4. The van der Waals surface area contributed by atoms with Crippen LogP contribution in [0.3, 0.4) is 0 Å². The lowest BCUT2D eigenvalue weighted by Gasteiger charge is -2.14. The van der Waals surface area contributed by atoms with Gasteiger partial charge in [0.1, 0.15) is 22.4 Å². The van der Waals surface area contributed by atoms with E-state index in [1.54, 1.807) is 0 Å². The van der Waals surface area contributed by atoms with Crippen LogP contribution < -0.4 is 9.46 Å². The van der Waals surface area contributed by atoms with E-state index in [2.05, 4.69) is 14.4 Å². The SMILES string of the molecule is COC(=O)c1cncc(S(=O)(=O)N[C@@H](C)C(=O)Oc2ccc(O)cc2)c1. The van der Waals surface area contributed by atoms with Crippen LogP contribution in [-0.2, 0) is 19.6 Å². The molecule has 138 valence electrons. The Kier molecular flexibility index (Phi) is 5.90. The minimum absolute atomic E-state index is 0.00321. The number of ether oxygens (including phenoxy) is 2. The summed E-state index contributed by atoms with van der Waals surface area (Å²) in [5, 5.41) is 9.19. The number of sulfonamides is 1. The second-order valence-corrected chi connectivity index (χ2v) is 6.87. The lowest BCUT2D eigenvalue weighted by molar-refractivity contribution is -0.135. The molecule has 26 heavy (non-hydrogen) atoms. The predicted molar refractivity (Wildman–Crippen MR) is 89.1 cm³/mol. The van der Waals surface area contributed by atoms with Crippen LogP contribution in [0.1, 0.15) is 17.3 Å². The average molecular weight is 380 g/mol. The van der Waals surface area contributed by atoms with Gasteiger partial charge in [-0.1, -0.05) is 0 Å². The van der Waals surface area contributed by atoms with Crippen molar-refractivity contribution >= 4 is 22.0 Å². The van der Waals surface area contributed by atoms with Gasteiger partial charge < -0.3 is 14.6 Å². The average Bonchev–Trinajstić information content (AvgIpc) is 2.62. The van der Waals surface area contributed by atoms with Crippen molar-refractivity contribution in [1.82, 2.24) is 9.71 Å². The number of aromatic hydroxyl groups is 1. The second kappa shape index (κ2) is 7.93. The van der Waals surface area contributed by atoms with E-state index >= 15 is 0 Å². The summed E-state index contributed by atoms with van der Waals surface area (Å²) in [7, 11) is -2.97. The smallest absolute Gasteiger partial charge is 0.339 e. The van der Waals surface area contributed by atoms with E-state index < -0.39 is 28.0 Å². The molecule has 0 unspecified atom stereocenters. The van der Waals surface area contributed by atoms with Crippen molar-refractivity contribution < 1.29 is 32.6 Å². The van der Waals surface area contributed by atoms with E-state index in [0.29, 0.717) is 0 Å². The molecule has 0 aliphatic heterocycles. The van der Waals surface area contributed by atoms with Crippen molar-refractivity contribution in [3.05, 3.63) is 48.3 Å². The van der Waals surface area contributed by atoms with Gasteiger partial charge in [0.05, 0.1) is 12.7 Å². The molecule has 0 saturated carbocycles. The molecule has 0 aliphatic rings. The van der Waals surface area contributed by atoms with E-state index in [-0.39, 0.29) is 22.0 Å². The number of carbonyl (C=O) groups is 2. The summed E-state index contributed by atoms with van der Waals surface area (Å²) in [6, 6.07) is 5.23. The molecule has 0 fully saturated rings. The Hall–Kier alpha value is -2.98. The molecule has 0 spiro atoms. The van der Waals surface area contributed by atoms with Gasteiger partial charge in [0, 0.05) is 12.4 Å². The van der Waals surface area contributed by atoms with Crippen molar-refractivity contribution in [2.75, 3.05) is 7.11 Å². The summed E-state index contributed by atoms with van der Waals surface area (Å²) in [6.07, 6.45) is 2.19. The zero-order valence-corrected chi connectivity index (χ0v) is 14.7. The first-order chi connectivity index (χ1) is 12.2. The van der Waals surface area contributed by atoms with Gasteiger partial charge in [-0.25, -0.2) is 18.0 Å². The van der Waals surface area contributed by atoms with E-state index in [9.17, 15) is 23.1 Å². The van der Waals surface area contributed by atoms with Crippen molar-refractivity contribution in [3.63, 3.8) is 0 Å². The minimum Gasteiger partial charge on any atom is -0.508 e. The highest BCUT2D eigenvalue weighted by atomic mass is 32.2. The van der Waals surface area contributed by atoms with Gasteiger partial charge in [-0.15, -0.1) is 0 Å². The molecule has 2 rings (SSSR count). The van der Waals surface area contributed by atoms with E-state index in [1.807, 2.05) is 0 Å². The van der Waals surface area contributed by atoms with Gasteiger partial charge in [0.25, 0.3) is 0 Å². The number of phenols is 1. The van der Waals surface area contributed by atoms with Crippen molar-refractivity contribution in [3.8, 4) is 11.5 Å². The fourth-order valence-corrected chi connectivity index (χ4v) is 3.04. The summed E-state index contributed by atoms with van der Waals surface area (Å²) in [5.74, 6) is -1.45. The molecule has 2 N–H and O–H groups in total. The fraction of sp³-hybridized carbons (Fsp3) is 0.188. The number of pyridine rings is 1. The molecule has 9 nitrogen and oxygen atoms in total. The number of methoxy groups -OCH3 is 1. The van der Waals surface area contributed by atoms with E-state index in [0.717, 1.165) is 25.6 Å². The molecule has 0 bridgehead atoms. The van der Waals surface area contributed by atoms with Gasteiger partial charge in [-0.3, -0.25) is 4.98 Å². The lowest BCUT2D eigenvalue weighted by Crippen LogP contribution is -2.40. The van der Waals surface area contributed by atoms with Crippen LogP contribution in [0.15, 0.2) is 47.6 Å². The molecule has 0 saturated heterocycles. The maximum absolute atomic E-state index is 12.4. The van der Waals surface area contributed by atoms with Gasteiger partial charge >= 0.3 is 11.9 Å². The number of hydrogen-bond donors (Lipinski definition) is 2. The number of phenolic OH excluding ortho intramolecular Hbond substituents is 1. The highest BCUT2D eigenvalue weighted by Gasteiger charge is 2.24. The number of esters is 2. The maximum atomic E-state index is 12.4. The number of nitrogens with zero attached hydrogens (tertiary/aromatic N) is 1. The van der Waals surface area contributed by atoms with Crippen molar-refractivity contribution in [2.24, 2.45) is 0 Å². The maximum Gasteiger partial charge on any atom is 0.339 e. The summed E-state index contributed by atoms with van der Waals surface area (Å²) in [5.41, 5.74) is -0.0466. The minimum atomic E-state index is -4.13. The van der Waals surface area contributed by atoms with Crippen LogP contribution in [0.5, 0.6) is 11.5 Å². The molecular weight excluding hydrogens is 364 g/mol. The largest absolute Gasteiger partial charge is 0.508 e. The van der Waals surface area contributed by atoms with Crippen LogP contribution in [0.4, 0.5) is 0 Å². The molecular formula is C16H16N2O7S. The summed E-state index contributed by atoms with van der Waals surface area (Å²) in [6.45, 7) is 1.30.